The van der Waals surface area contributed by atoms with Gasteiger partial charge in [-0.3, -0.25) is 0 Å². The van der Waals surface area contributed by atoms with E-state index in [4.69, 9.17) is 0 Å². The van der Waals surface area contributed by atoms with Gasteiger partial charge < -0.3 is 0 Å². The standard InChI is InChI=1S/C10H21P/c1-5-10(4)6-7-11-9(10)8(2)3/h8-9,11H,5-7H2,1-4H3. The van der Waals surface area contributed by atoms with Crippen molar-refractivity contribution in [2.75, 3.05) is 6.16 Å². The lowest BCUT2D eigenvalue weighted by molar-refractivity contribution is 0.266. The van der Waals surface area contributed by atoms with Crippen LogP contribution in [0.5, 0.6) is 0 Å². The molecule has 0 saturated carbocycles. The molecule has 3 unspecified atom stereocenters. The summed E-state index contributed by atoms with van der Waals surface area (Å²) in [6, 6.07) is 0. The first kappa shape index (κ1) is 9.52. The van der Waals surface area contributed by atoms with Crippen molar-refractivity contribution in [3.05, 3.63) is 0 Å². The Morgan fingerprint density at radius 2 is 2.18 bits per heavy atom. The van der Waals surface area contributed by atoms with Gasteiger partial charge in [0.2, 0.25) is 0 Å². The molecule has 0 aromatic rings. The topological polar surface area (TPSA) is 0 Å². The highest BCUT2D eigenvalue weighted by molar-refractivity contribution is 7.39. The van der Waals surface area contributed by atoms with Gasteiger partial charge in [-0.25, -0.2) is 0 Å². The van der Waals surface area contributed by atoms with Crippen LogP contribution in [0.15, 0.2) is 0 Å². The first-order valence-corrected chi connectivity index (χ1v) is 6.12. The Hall–Kier alpha value is 0.430. The SMILES string of the molecule is CCC1(C)CCPC1C(C)C. The highest BCUT2D eigenvalue weighted by Gasteiger charge is 2.38. The van der Waals surface area contributed by atoms with Crippen molar-refractivity contribution in [1.29, 1.82) is 0 Å². The molecule has 1 aliphatic heterocycles. The molecule has 1 saturated heterocycles. The summed E-state index contributed by atoms with van der Waals surface area (Å²) in [5.74, 6) is 0.904. The average Bonchev–Trinajstić information content (AvgIpc) is 2.32. The van der Waals surface area contributed by atoms with Crippen molar-refractivity contribution >= 4 is 8.58 Å². The van der Waals surface area contributed by atoms with Crippen LogP contribution >= 0.6 is 8.58 Å². The lowest BCUT2D eigenvalue weighted by atomic mass is 9.77. The van der Waals surface area contributed by atoms with Gasteiger partial charge in [0.1, 0.15) is 0 Å². The van der Waals surface area contributed by atoms with Crippen LogP contribution in [-0.4, -0.2) is 11.8 Å². The van der Waals surface area contributed by atoms with Crippen molar-refractivity contribution in [1.82, 2.24) is 0 Å². The summed E-state index contributed by atoms with van der Waals surface area (Å²) in [6.07, 6.45) is 4.35. The predicted octanol–water partition coefficient (Wildman–Crippen LogP) is 3.51. The van der Waals surface area contributed by atoms with Gasteiger partial charge in [0, 0.05) is 0 Å². The van der Waals surface area contributed by atoms with Crippen molar-refractivity contribution < 1.29 is 0 Å². The molecule has 11 heavy (non-hydrogen) atoms. The first-order valence-electron chi connectivity index (χ1n) is 4.83. The van der Waals surface area contributed by atoms with Crippen LogP contribution in [0.1, 0.15) is 40.5 Å². The molecule has 0 nitrogen and oxygen atoms in total. The zero-order chi connectivity index (χ0) is 8.48. The van der Waals surface area contributed by atoms with Crippen LogP contribution in [-0.2, 0) is 0 Å². The third-order valence-corrected chi connectivity index (χ3v) is 5.63. The summed E-state index contributed by atoms with van der Waals surface area (Å²) >= 11 is 0. The second-order valence-electron chi connectivity index (χ2n) is 4.43. The molecular formula is C10H21P. The number of hydrogen-bond acceptors (Lipinski definition) is 0. The van der Waals surface area contributed by atoms with Crippen LogP contribution in [0.25, 0.3) is 0 Å². The molecule has 0 aliphatic carbocycles. The first-order chi connectivity index (χ1) is 5.10. The van der Waals surface area contributed by atoms with Crippen LogP contribution in [0.2, 0.25) is 0 Å². The van der Waals surface area contributed by atoms with Crippen molar-refractivity contribution in [3.63, 3.8) is 0 Å². The van der Waals surface area contributed by atoms with Crippen molar-refractivity contribution in [2.24, 2.45) is 11.3 Å². The summed E-state index contributed by atoms with van der Waals surface area (Å²) in [7, 11) is 1.24. The van der Waals surface area contributed by atoms with Gasteiger partial charge in [-0.2, -0.15) is 0 Å². The Kier molecular flexibility index (Phi) is 2.97. The summed E-state index contributed by atoms with van der Waals surface area (Å²) in [5, 5.41) is 0. The van der Waals surface area contributed by atoms with Gasteiger partial charge in [-0.05, 0) is 29.6 Å². The fraction of sp³-hybridized carbons (Fsp3) is 1.00. The van der Waals surface area contributed by atoms with E-state index < -0.39 is 0 Å². The molecule has 0 aromatic heterocycles. The zero-order valence-corrected chi connectivity index (χ0v) is 9.28. The van der Waals surface area contributed by atoms with E-state index in [0.717, 1.165) is 11.6 Å². The fourth-order valence-corrected chi connectivity index (χ4v) is 4.69. The molecule has 66 valence electrons. The fourth-order valence-electron chi connectivity index (χ4n) is 2.35. The molecule has 0 spiro atoms. The van der Waals surface area contributed by atoms with Gasteiger partial charge in [0.15, 0.2) is 0 Å². The van der Waals surface area contributed by atoms with Crippen LogP contribution < -0.4 is 0 Å². The van der Waals surface area contributed by atoms with E-state index in [-0.39, 0.29) is 0 Å². The Bertz CT molecular complexity index is 131. The zero-order valence-electron chi connectivity index (χ0n) is 8.28. The van der Waals surface area contributed by atoms with E-state index >= 15 is 0 Å². The summed E-state index contributed by atoms with van der Waals surface area (Å²) in [4.78, 5) is 0. The molecule has 1 heterocycles. The smallest absolute Gasteiger partial charge is 0.0160 e. The van der Waals surface area contributed by atoms with Gasteiger partial charge in [-0.15, -0.1) is 8.58 Å². The molecule has 1 fully saturated rings. The van der Waals surface area contributed by atoms with Crippen LogP contribution in [0, 0.1) is 11.3 Å². The highest BCUT2D eigenvalue weighted by atomic mass is 31.1. The summed E-state index contributed by atoms with van der Waals surface area (Å²) in [6.45, 7) is 9.61. The Morgan fingerprint density at radius 3 is 2.55 bits per heavy atom. The maximum absolute atomic E-state index is 2.48. The predicted molar refractivity (Wildman–Crippen MR) is 54.8 cm³/mol. The lowest BCUT2D eigenvalue weighted by Crippen LogP contribution is -2.27. The number of hydrogen-bond donors (Lipinski definition) is 0. The Balaban J connectivity index is 2.64. The molecule has 0 aromatic carbocycles. The molecule has 0 radical (unpaired) electrons. The molecular weight excluding hydrogens is 151 g/mol. The van der Waals surface area contributed by atoms with Crippen LogP contribution in [0.4, 0.5) is 0 Å². The normalized spacial score (nSPS) is 40.6. The maximum atomic E-state index is 2.48. The maximum Gasteiger partial charge on any atom is -0.0160 e. The molecule has 0 N–H and O–H groups in total. The summed E-state index contributed by atoms with van der Waals surface area (Å²) < 4.78 is 0. The van der Waals surface area contributed by atoms with E-state index in [1.807, 2.05) is 0 Å². The number of rotatable bonds is 2. The minimum absolute atomic E-state index is 0.687. The monoisotopic (exact) mass is 172 g/mol. The molecule has 1 rings (SSSR count). The van der Waals surface area contributed by atoms with E-state index in [1.165, 1.54) is 27.6 Å². The minimum Gasteiger partial charge on any atom is -0.118 e. The molecule has 3 atom stereocenters. The van der Waals surface area contributed by atoms with Gasteiger partial charge in [0.25, 0.3) is 0 Å². The van der Waals surface area contributed by atoms with E-state index in [9.17, 15) is 0 Å². The highest BCUT2D eigenvalue weighted by Crippen LogP contribution is 2.51. The van der Waals surface area contributed by atoms with Gasteiger partial charge in [0.05, 0.1) is 0 Å². The van der Waals surface area contributed by atoms with Gasteiger partial charge in [-0.1, -0.05) is 34.1 Å². The van der Waals surface area contributed by atoms with Crippen molar-refractivity contribution in [3.8, 4) is 0 Å². The quantitative estimate of drug-likeness (QED) is 0.559. The average molecular weight is 172 g/mol. The van der Waals surface area contributed by atoms with E-state index in [1.54, 1.807) is 0 Å². The van der Waals surface area contributed by atoms with E-state index in [0.29, 0.717) is 5.41 Å². The van der Waals surface area contributed by atoms with Gasteiger partial charge >= 0.3 is 0 Å². The Labute approximate surface area is 72.9 Å². The van der Waals surface area contributed by atoms with Crippen LogP contribution in [0.3, 0.4) is 0 Å². The Morgan fingerprint density at radius 1 is 1.55 bits per heavy atom. The minimum atomic E-state index is 0.687. The second-order valence-corrected chi connectivity index (χ2v) is 5.96. The molecule has 1 aliphatic rings. The molecule has 0 bridgehead atoms. The lowest BCUT2D eigenvalue weighted by Gasteiger charge is -2.32. The largest absolute Gasteiger partial charge is 0.118 e. The molecule has 1 heteroatoms. The van der Waals surface area contributed by atoms with E-state index in [2.05, 4.69) is 27.7 Å². The second kappa shape index (κ2) is 3.44. The third kappa shape index (κ3) is 1.78. The summed E-state index contributed by atoms with van der Waals surface area (Å²) in [5.41, 5.74) is 1.71. The third-order valence-electron chi connectivity index (χ3n) is 3.29. The molecule has 0 amide bonds. The van der Waals surface area contributed by atoms with Crippen molar-refractivity contribution in [2.45, 2.75) is 46.2 Å².